The minimum atomic E-state index is -4.20. The molecule has 0 saturated carbocycles. The van der Waals surface area contributed by atoms with E-state index in [1.165, 1.54) is 26.3 Å². The summed E-state index contributed by atoms with van der Waals surface area (Å²) in [6.45, 7) is -0.906. The number of ether oxygens (including phenoxy) is 2. The second-order valence-electron chi connectivity index (χ2n) is 6.67. The molecule has 2 aromatic carbocycles. The molecular formula is C20H19ClN4O7S. The molecule has 3 aromatic rings. The summed E-state index contributed by atoms with van der Waals surface area (Å²) in [4.78, 5) is 26.4. The van der Waals surface area contributed by atoms with E-state index in [1.54, 1.807) is 24.3 Å². The molecule has 0 aliphatic rings. The summed E-state index contributed by atoms with van der Waals surface area (Å²) in [5.41, 5.74) is 0.765. The van der Waals surface area contributed by atoms with Gasteiger partial charge >= 0.3 is 5.97 Å². The van der Waals surface area contributed by atoms with Crippen molar-refractivity contribution in [2.24, 2.45) is 0 Å². The minimum absolute atomic E-state index is 0.126. The van der Waals surface area contributed by atoms with Crippen LogP contribution in [0.25, 0.3) is 10.9 Å². The summed E-state index contributed by atoms with van der Waals surface area (Å²) in [5, 5.41) is 14.6. The van der Waals surface area contributed by atoms with Crippen LogP contribution in [0, 0.1) is 10.1 Å². The summed E-state index contributed by atoms with van der Waals surface area (Å²) < 4.78 is 37.2. The van der Waals surface area contributed by atoms with Gasteiger partial charge in [-0.05, 0) is 30.3 Å². The van der Waals surface area contributed by atoms with Gasteiger partial charge in [0.05, 0.1) is 22.4 Å². The van der Waals surface area contributed by atoms with Crippen LogP contribution in [-0.2, 0) is 26.2 Å². The van der Waals surface area contributed by atoms with Gasteiger partial charge in [0.2, 0.25) is 10.0 Å². The summed E-state index contributed by atoms with van der Waals surface area (Å²) in [7, 11) is -1.19. The molecule has 11 nitrogen and oxygen atoms in total. The standard InChI is InChI=1S/C20H19ClN4O7S/c1-22-16-6-5-15(9-18(16)25(27)28)33(29,30)23-10-19(26)32-11-13-7-12-3-4-14(31-2)8-17(12)24-20(13)21/h3-9,22-23H,10-11H2,1-2H3. The van der Waals surface area contributed by atoms with E-state index >= 15 is 0 Å². The van der Waals surface area contributed by atoms with E-state index in [2.05, 4.69) is 15.0 Å². The molecule has 1 aromatic heterocycles. The van der Waals surface area contributed by atoms with Crippen LogP contribution in [0.2, 0.25) is 5.15 Å². The van der Waals surface area contributed by atoms with Crippen molar-refractivity contribution < 1.29 is 27.6 Å². The van der Waals surface area contributed by atoms with Crippen LogP contribution in [-0.4, -0.2) is 45.0 Å². The van der Waals surface area contributed by atoms with Crippen molar-refractivity contribution >= 4 is 49.9 Å². The number of pyridine rings is 1. The zero-order valence-electron chi connectivity index (χ0n) is 17.5. The smallest absolute Gasteiger partial charge is 0.321 e. The number of nitro benzene ring substituents is 1. The average Bonchev–Trinajstić information content (AvgIpc) is 2.80. The van der Waals surface area contributed by atoms with Crippen molar-refractivity contribution in [3.05, 3.63) is 63.3 Å². The van der Waals surface area contributed by atoms with Crippen LogP contribution < -0.4 is 14.8 Å². The molecule has 0 bridgehead atoms. The van der Waals surface area contributed by atoms with E-state index in [4.69, 9.17) is 21.1 Å². The maximum absolute atomic E-state index is 12.4. The average molecular weight is 495 g/mol. The van der Waals surface area contributed by atoms with Gasteiger partial charge in [-0.15, -0.1) is 0 Å². The molecule has 0 saturated heterocycles. The molecule has 0 aliphatic heterocycles. The molecule has 13 heteroatoms. The predicted molar refractivity (Wildman–Crippen MR) is 121 cm³/mol. The number of nitro groups is 1. The highest BCUT2D eigenvalue weighted by molar-refractivity contribution is 7.89. The Hall–Kier alpha value is -3.48. The van der Waals surface area contributed by atoms with Gasteiger partial charge in [0.25, 0.3) is 5.69 Å². The van der Waals surface area contributed by atoms with E-state index in [9.17, 15) is 23.3 Å². The number of esters is 1. The van der Waals surface area contributed by atoms with E-state index in [0.717, 1.165) is 11.5 Å². The highest BCUT2D eigenvalue weighted by atomic mass is 35.5. The van der Waals surface area contributed by atoms with Crippen LogP contribution >= 0.6 is 11.6 Å². The third-order valence-corrected chi connectivity index (χ3v) is 6.32. The minimum Gasteiger partial charge on any atom is -0.497 e. The Morgan fingerprint density at radius 1 is 1.21 bits per heavy atom. The van der Waals surface area contributed by atoms with Crippen LogP contribution in [0.4, 0.5) is 11.4 Å². The summed E-state index contributed by atoms with van der Waals surface area (Å²) in [5.74, 6) is -0.255. The molecule has 0 amide bonds. The molecule has 3 rings (SSSR count). The Morgan fingerprint density at radius 2 is 1.97 bits per heavy atom. The van der Waals surface area contributed by atoms with Gasteiger partial charge in [0.15, 0.2) is 0 Å². The number of hydrogen-bond acceptors (Lipinski definition) is 9. The number of carbonyl (C=O) groups excluding carboxylic acids is 1. The second-order valence-corrected chi connectivity index (χ2v) is 8.79. The maximum Gasteiger partial charge on any atom is 0.321 e. The number of fused-ring (bicyclic) bond motifs is 1. The van der Waals surface area contributed by atoms with Crippen LogP contribution in [0.5, 0.6) is 5.75 Å². The molecule has 0 aliphatic carbocycles. The monoisotopic (exact) mass is 494 g/mol. The number of hydrogen-bond donors (Lipinski definition) is 2. The van der Waals surface area contributed by atoms with Gasteiger partial charge in [0.1, 0.15) is 29.7 Å². The highest BCUT2D eigenvalue weighted by Crippen LogP contribution is 2.27. The molecule has 0 fully saturated rings. The third-order valence-electron chi connectivity index (χ3n) is 4.59. The van der Waals surface area contributed by atoms with Crippen molar-refractivity contribution in [1.82, 2.24) is 9.71 Å². The van der Waals surface area contributed by atoms with Crippen molar-refractivity contribution in [3.8, 4) is 5.75 Å². The molecule has 0 atom stereocenters. The number of benzene rings is 2. The van der Waals surface area contributed by atoms with Gasteiger partial charge in [0, 0.05) is 30.1 Å². The number of halogens is 1. The maximum atomic E-state index is 12.4. The van der Waals surface area contributed by atoms with E-state index in [0.29, 0.717) is 16.8 Å². The first-order valence-corrected chi connectivity index (χ1v) is 11.3. The number of nitrogens with one attached hydrogen (secondary N) is 2. The Balaban J connectivity index is 1.65. The van der Waals surface area contributed by atoms with Crippen molar-refractivity contribution in [2.75, 3.05) is 26.0 Å². The lowest BCUT2D eigenvalue weighted by atomic mass is 10.1. The first-order valence-electron chi connectivity index (χ1n) is 9.39. The van der Waals surface area contributed by atoms with Gasteiger partial charge in [-0.2, -0.15) is 4.72 Å². The van der Waals surface area contributed by atoms with Crippen molar-refractivity contribution in [1.29, 1.82) is 0 Å². The Morgan fingerprint density at radius 3 is 2.64 bits per heavy atom. The lowest BCUT2D eigenvalue weighted by Gasteiger charge is -2.10. The SMILES string of the molecule is CNc1ccc(S(=O)(=O)NCC(=O)OCc2cc3ccc(OC)cc3nc2Cl)cc1[N+](=O)[O-]. The number of sulfonamides is 1. The Labute approximate surface area is 193 Å². The van der Waals surface area contributed by atoms with E-state index < -0.39 is 33.1 Å². The number of methoxy groups -OCH3 is 1. The fourth-order valence-corrected chi connectivity index (χ4v) is 4.07. The molecule has 0 spiro atoms. The van der Waals surface area contributed by atoms with Crippen LogP contribution in [0.3, 0.4) is 0 Å². The predicted octanol–water partition coefficient (Wildman–Crippen LogP) is 2.87. The molecule has 0 unspecified atom stereocenters. The molecule has 1 heterocycles. The van der Waals surface area contributed by atoms with Gasteiger partial charge in [-0.1, -0.05) is 11.6 Å². The first-order chi connectivity index (χ1) is 15.6. The van der Waals surface area contributed by atoms with E-state index in [1.807, 2.05) is 0 Å². The van der Waals surface area contributed by atoms with Gasteiger partial charge in [-0.25, -0.2) is 13.4 Å². The zero-order valence-corrected chi connectivity index (χ0v) is 19.1. The molecule has 0 radical (unpaired) electrons. The number of carbonyl (C=O) groups is 1. The largest absolute Gasteiger partial charge is 0.497 e. The van der Waals surface area contributed by atoms with Gasteiger partial charge < -0.3 is 14.8 Å². The molecule has 174 valence electrons. The fraction of sp³-hybridized carbons (Fsp3) is 0.200. The third kappa shape index (κ3) is 5.66. The first kappa shape index (κ1) is 24.2. The van der Waals surface area contributed by atoms with Crippen LogP contribution in [0.15, 0.2) is 47.4 Å². The number of rotatable bonds is 9. The molecule has 33 heavy (non-hydrogen) atoms. The highest BCUT2D eigenvalue weighted by Gasteiger charge is 2.22. The summed E-state index contributed by atoms with van der Waals surface area (Å²) in [6, 6.07) is 10.3. The quantitative estimate of drug-likeness (QED) is 0.198. The van der Waals surface area contributed by atoms with Crippen molar-refractivity contribution in [3.63, 3.8) is 0 Å². The Bertz CT molecular complexity index is 1330. The summed E-state index contributed by atoms with van der Waals surface area (Å²) in [6.07, 6.45) is 0. The topological polar surface area (TPSA) is 150 Å². The van der Waals surface area contributed by atoms with Gasteiger partial charge in [-0.3, -0.25) is 14.9 Å². The molecular weight excluding hydrogens is 476 g/mol. The van der Waals surface area contributed by atoms with Crippen LogP contribution in [0.1, 0.15) is 5.56 Å². The van der Waals surface area contributed by atoms with E-state index in [-0.39, 0.29) is 22.3 Å². The zero-order chi connectivity index (χ0) is 24.2. The number of anilines is 1. The number of nitrogens with zero attached hydrogens (tertiary/aromatic N) is 2. The Kier molecular flexibility index (Phi) is 7.31. The molecule has 2 N–H and O–H groups in total. The van der Waals surface area contributed by atoms with Crippen molar-refractivity contribution in [2.45, 2.75) is 11.5 Å². The summed E-state index contributed by atoms with van der Waals surface area (Å²) >= 11 is 6.16. The lowest BCUT2D eigenvalue weighted by Crippen LogP contribution is -2.30. The fourth-order valence-electron chi connectivity index (χ4n) is 2.88. The second kappa shape index (κ2) is 9.98. The number of aromatic nitrogens is 1. The lowest BCUT2D eigenvalue weighted by molar-refractivity contribution is -0.384. The normalized spacial score (nSPS) is 11.2.